The van der Waals surface area contributed by atoms with Crippen molar-refractivity contribution in [1.82, 2.24) is 0 Å². The summed E-state index contributed by atoms with van der Waals surface area (Å²) >= 11 is 0. The summed E-state index contributed by atoms with van der Waals surface area (Å²) in [5.74, 6) is 0.00986. The smallest absolute Gasteiger partial charge is 0.335 e. The average molecular weight is 318 g/mol. The molecule has 0 saturated heterocycles. The van der Waals surface area contributed by atoms with Crippen molar-refractivity contribution < 1.29 is 9.90 Å². The van der Waals surface area contributed by atoms with Gasteiger partial charge in [0.15, 0.2) is 0 Å². The summed E-state index contributed by atoms with van der Waals surface area (Å²) < 4.78 is 0. The molecule has 1 aliphatic carbocycles. The molecular weight excluding hydrogens is 296 g/mol. The molecule has 4 rings (SSSR count). The maximum absolute atomic E-state index is 10.6. The van der Waals surface area contributed by atoms with Crippen LogP contribution in [0.4, 0.5) is 0 Å². The lowest BCUT2D eigenvalue weighted by molar-refractivity contribution is 0.0697. The fourth-order valence-electron chi connectivity index (χ4n) is 3.20. The highest BCUT2D eigenvalue weighted by Gasteiger charge is 2.13. The fraction of sp³-hybridized carbons (Fsp3) is 0.227. The van der Waals surface area contributed by atoms with Gasteiger partial charge < -0.3 is 5.11 Å². The van der Waals surface area contributed by atoms with Gasteiger partial charge in [0.25, 0.3) is 0 Å². The predicted octanol–water partition coefficient (Wildman–Crippen LogP) is 5.35. The zero-order valence-corrected chi connectivity index (χ0v) is 13.9. The van der Waals surface area contributed by atoms with Crippen molar-refractivity contribution >= 4 is 16.7 Å². The summed E-state index contributed by atoms with van der Waals surface area (Å²) in [6.45, 7) is 2.34. The minimum atomic E-state index is -0.884. The number of benzene rings is 3. The maximum Gasteiger partial charge on any atom is 0.335 e. The van der Waals surface area contributed by atoms with Crippen molar-refractivity contribution in [1.29, 1.82) is 0 Å². The monoisotopic (exact) mass is 318 g/mol. The van der Waals surface area contributed by atoms with Crippen LogP contribution in [0.5, 0.6) is 0 Å². The summed E-state index contributed by atoms with van der Waals surface area (Å²) in [5, 5.41) is 10.8. The quantitative estimate of drug-likeness (QED) is 0.656. The highest BCUT2D eigenvalue weighted by Crippen LogP contribution is 2.24. The number of carbonyl (C=O) groups is 1. The highest BCUT2D eigenvalue weighted by molar-refractivity contribution is 5.94. The molecule has 0 heterocycles. The van der Waals surface area contributed by atoms with Gasteiger partial charge in [-0.25, -0.2) is 4.79 Å². The van der Waals surface area contributed by atoms with Crippen LogP contribution in [0.1, 0.15) is 34.8 Å². The Kier molecular flexibility index (Phi) is 4.95. The van der Waals surface area contributed by atoms with Crippen LogP contribution in [-0.2, 0) is 12.8 Å². The predicted molar refractivity (Wildman–Crippen MR) is 98.5 cm³/mol. The van der Waals surface area contributed by atoms with Gasteiger partial charge in [-0.2, -0.15) is 0 Å². The molecule has 0 aromatic heterocycles. The summed E-state index contributed by atoms with van der Waals surface area (Å²) in [4.78, 5) is 10.6. The van der Waals surface area contributed by atoms with E-state index >= 15 is 0 Å². The van der Waals surface area contributed by atoms with E-state index in [2.05, 4.69) is 31.2 Å². The van der Waals surface area contributed by atoms with Gasteiger partial charge in [0, 0.05) is 0 Å². The number of carboxylic acid groups (broad SMARTS) is 1. The van der Waals surface area contributed by atoms with Gasteiger partial charge in [-0.1, -0.05) is 61.5 Å². The van der Waals surface area contributed by atoms with Crippen molar-refractivity contribution in [2.45, 2.75) is 26.2 Å². The van der Waals surface area contributed by atoms with Gasteiger partial charge in [0.05, 0.1) is 5.56 Å². The van der Waals surface area contributed by atoms with Crippen LogP contribution in [-0.4, -0.2) is 11.1 Å². The van der Waals surface area contributed by atoms with Gasteiger partial charge in [0.1, 0.15) is 0 Å². The number of rotatable bonds is 1. The summed E-state index contributed by atoms with van der Waals surface area (Å²) in [6.07, 6.45) is 3.95. The van der Waals surface area contributed by atoms with Crippen LogP contribution in [0.2, 0.25) is 0 Å². The van der Waals surface area contributed by atoms with Gasteiger partial charge in [-0.05, 0) is 59.2 Å². The Morgan fingerprint density at radius 2 is 1.58 bits per heavy atom. The van der Waals surface area contributed by atoms with Crippen LogP contribution in [0.3, 0.4) is 0 Å². The number of hydrogen-bond acceptors (Lipinski definition) is 1. The molecule has 0 bridgehead atoms. The van der Waals surface area contributed by atoms with Crippen LogP contribution < -0.4 is 0 Å². The SMILES string of the molecule is CC1CCc2ccccc2C1.O=C(O)c1ccc2ccccc2c1. The van der Waals surface area contributed by atoms with E-state index in [1.807, 2.05) is 30.3 Å². The second-order valence-electron chi connectivity index (χ2n) is 6.48. The molecule has 1 atom stereocenters. The van der Waals surface area contributed by atoms with Crippen molar-refractivity contribution in [2.75, 3.05) is 0 Å². The number of hydrogen-bond donors (Lipinski definition) is 1. The van der Waals surface area contributed by atoms with Crippen LogP contribution in [0.25, 0.3) is 10.8 Å². The molecule has 0 spiro atoms. The van der Waals surface area contributed by atoms with E-state index in [9.17, 15) is 4.79 Å². The standard InChI is InChI=1S/C11H8O2.C11H14/c12-11(13)10-6-5-8-3-1-2-4-9(8)7-10;1-9-6-7-10-4-2-3-5-11(10)8-9/h1-7H,(H,12,13);2-5,9H,6-8H2,1H3. The van der Waals surface area contributed by atoms with E-state index in [-0.39, 0.29) is 0 Å². The van der Waals surface area contributed by atoms with Crippen LogP contribution in [0, 0.1) is 5.92 Å². The third kappa shape index (κ3) is 3.83. The lowest BCUT2D eigenvalue weighted by Gasteiger charge is -2.20. The lowest BCUT2D eigenvalue weighted by Crippen LogP contribution is -2.10. The Morgan fingerprint density at radius 3 is 2.33 bits per heavy atom. The first kappa shape index (κ1) is 16.3. The highest BCUT2D eigenvalue weighted by atomic mass is 16.4. The molecule has 122 valence electrons. The Hall–Kier alpha value is -2.61. The Bertz CT molecular complexity index is 851. The molecular formula is C22H22O2. The van der Waals surface area contributed by atoms with Crippen molar-refractivity contribution in [3.05, 3.63) is 83.4 Å². The Labute approximate surface area is 142 Å². The largest absolute Gasteiger partial charge is 0.478 e. The topological polar surface area (TPSA) is 37.3 Å². The van der Waals surface area contributed by atoms with Crippen molar-refractivity contribution in [3.8, 4) is 0 Å². The van der Waals surface area contributed by atoms with Gasteiger partial charge >= 0.3 is 5.97 Å². The fourth-order valence-corrected chi connectivity index (χ4v) is 3.20. The van der Waals surface area contributed by atoms with E-state index in [0.717, 1.165) is 16.7 Å². The van der Waals surface area contributed by atoms with E-state index in [0.29, 0.717) is 5.56 Å². The average Bonchev–Trinajstić information content (AvgIpc) is 2.61. The third-order valence-corrected chi connectivity index (χ3v) is 4.59. The Balaban J connectivity index is 0.000000143. The lowest BCUT2D eigenvalue weighted by atomic mass is 9.85. The normalized spacial score (nSPS) is 16.0. The number of aryl methyl sites for hydroxylation is 1. The molecule has 0 saturated carbocycles. The second kappa shape index (κ2) is 7.31. The molecule has 24 heavy (non-hydrogen) atoms. The number of fused-ring (bicyclic) bond motifs is 2. The molecule has 1 N–H and O–H groups in total. The molecule has 0 radical (unpaired) electrons. The van der Waals surface area contributed by atoms with Gasteiger partial charge in [-0.3, -0.25) is 0 Å². The Morgan fingerprint density at radius 1 is 0.917 bits per heavy atom. The number of aromatic carboxylic acids is 1. The van der Waals surface area contributed by atoms with E-state index < -0.39 is 5.97 Å². The molecule has 0 fully saturated rings. The molecule has 2 nitrogen and oxygen atoms in total. The maximum atomic E-state index is 10.6. The van der Waals surface area contributed by atoms with Gasteiger partial charge in [-0.15, -0.1) is 0 Å². The van der Waals surface area contributed by atoms with Crippen molar-refractivity contribution in [3.63, 3.8) is 0 Å². The van der Waals surface area contributed by atoms with Crippen molar-refractivity contribution in [2.24, 2.45) is 5.92 Å². The molecule has 0 aliphatic heterocycles. The van der Waals surface area contributed by atoms with E-state index in [1.54, 1.807) is 23.3 Å². The number of carboxylic acids is 1. The summed E-state index contributed by atoms with van der Waals surface area (Å²) in [7, 11) is 0. The zero-order valence-electron chi connectivity index (χ0n) is 13.9. The molecule has 2 heteroatoms. The van der Waals surface area contributed by atoms with E-state index in [4.69, 9.17) is 5.11 Å². The molecule has 3 aromatic rings. The summed E-state index contributed by atoms with van der Waals surface area (Å²) in [5.41, 5.74) is 3.48. The minimum Gasteiger partial charge on any atom is -0.478 e. The molecule has 1 aliphatic rings. The first-order chi connectivity index (χ1) is 11.6. The third-order valence-electron chi connectivity index (χ3n) is 4.59. The van der Waals surface area contributed by atoms with Crippen LogP contribution in [0.15, 0.2) is 66.7 Å². The zero-order chi connectivity index (χ0) is 16.9. The second-order valence-corrected chi connectivity index (χ2v) is 6.48. The first-order valence-corrected chi connectivity index (χ1v) is 8.42. The molecule has 1 unspecified atom stereocenters. The first-order valence-electron chi connectivity index (χ1n) is 8.42. The minimum absolute atomic E-state index is 0.332. The molecule has 0 amide bonds. The van der Waals surface area contributed by atoms with Crippen LogP contribution >= 0.6 is 0 Å². The molecule has 3 aromatic carbocycles. The summed E-state index contributed by atoms with van der Waals surface area (Å²) in [6, 6.07) is 21.6. The van der Waals surface area contributed by atoms with E-state index in [1.165, 1.54) is 19.3 Å². The van der Waals surface area contributed by atoms with Gasteiger partial charge in [0.2, 0.25) is 0 Å².